The van der Waals surface area contributed by atoms with E-state index in [9.17, 15) is 0 Å². The first-order valence-electron chi connectivity index (χ1n) is 3.99. The van der Waals surface area contributed by atoms with E-state index in [1.54, 1.807) is 6.07 Å². The van der Waals surface area contributed by atoms with Crippen molar-refractivity contribution in [3.8, 4) is 0 Å². The Kier molecular flexibility index (Phi) is 2.32. The van der Waals surface area contributed by atoms with Crippen LogP contribution in [0.15, 0.2) is 40.9 Å². The van der Waals surface area contributed by atoms with Crippen LogP contribution in [-0.4, -0.2) is 5.16 Å². The van der Waals surface area contributed by atoms with Crippen LogP contribution in [0, 0.1) is 0 Å². The number of hydrogen-bond acceptors (Lipinski definition) is 2. The maximum atomic E-state index is 5.60. The summed E-state index contributed by atoms with van der Waals surface area (Å²) in [5.74, 6) is 0. The lowest BCUT2D eigenvalue weighted by molar-refractivity contribution is 0.415. The first-order valence-corrected chi connectivity index (χ1v) is 4.37. The maximum Gasteiger partial charge on any atom is 0.226 e. The van der Waals surface area contributed by atoms with E-state index < -0.39 is 0 Å². The molecule has 13 heavy (non-hydrogen) atoms. The monoisotopic (exact) mass is 193 g/mol. The van der Waals surface area contributed by atoms with Gasteiger partial charge in [-0.05, 0) is 17.2 Å². The van der Waals surface area contributed by atoms with Gasteiger partial charge in [-0.3, -0.25) is 0 Å². The summed E-state index contributed by atoms with van der Waals surface area (Å²) in [4.78, 5) is 0. The number of benzene rings is 1. The average Bonchev–Trinajstić information content (AvgIpc) is 2.53. The minimum absolute atomic E-state index is 0.339. The van der Waals surface area contributed by atoms with Crippen molar-refractivity contribution in [1.29, 1.82) is 0 Å². The van der Waals surface area contributed by atoms with Gasteiger partial charge in [0.05, 0.1) is 5.69 Å². The van der Waals surface area contributed by atoms with Gasteiger partial charge < -0.3 is 4.52 Å². The van der Waals surface area contributed by atoms with E-state index in [4.69, 9.17) is 16.1 Å². The van der Waals surface area contributed by atoms with Crippen molar-refractivity contribution in [1.82, 2.24) is 5.16 Å². The second-order valence-corrected chi connectivity index (χ2v) is 3.16. The highest BCUT2D eigenvalue weighted by Crippen LogP contribution is 2.13. The molecule has 0 saturated heterocycles. The number of nitrogens with zero attached hydrogens (tertiary/aromatic N) is 1. The Hall–Kier alpha value is -1.28. The number of rotatable bonds is 2. The molecule has 0 aliphatic carbocycles. The summed E-state index contributed by atoms with van der Waals surface area (Å²) in [7, 11) is 0. The molecular weight excluding hydrogens is 186 g/mol. The second kappa shape index (κ2) is 3.62. The Morgan fingerprint density at radius 3 is 2.62 bits per heavy atom. The van der Waals surface area contributed by atoms with Crippen LogP contribution in [-0.2, 0) is 6.42 Å². The molecule has 66 valence electrons. The van der Waals surface area contributed by atoms with Crippen LogP contribution in [0.3, 0.4) is 0 Å². The zero-order valence-corrected chi connectivity index (χ0v) is 7.66. The lowest BCUT2D eigenvalue weighted by Gasteiger charge is -1.94. The SMILES string of the molecule is Clc1cc(Cc2ccccc2)no1. The van der Waals surface area contributed by atoms with Gasteiger partial charge in [-0.15, -0.1) is 0 Å². The molecule has 0 aliphatic heterocycles. The molecule has 1 aromatic heterocycles. The largest absolute Gasteiger partial charge is 0.344 e. The molecule has 0 saturated carbocycles. The Balaban J connectivity index is 2.15. The highest BCUT2D eigenvalue weighted by atomic mass is 35.5. The van der Waals surface area contributed by atoms with Gasteiger partial charge in [0, 0.05) is 12.5 Å². The van der Waals surface area contributed by atoms with Crippen LogP contribution >= 0.6 is 11.6 Å². The second-order valence-electron chi connectivity index (χ2n) is 2.78. The number of hydrogen-bond donors (Lipinski definition) is 0. The molecule has 3 heteroatoms. The van der Waals surface area contributed by atoms with Gasteiger partial charge in [0.2, 0.25) is 5.22 Å². The smallest absolute Gasteiger partial charge is 0.226 e. The van der Waals surface area contributed by atoms with Crippen LogP contribution in [0.4, 0.5) is 0 Å². The Morgan fingerprint density at radius 1 is 1.23 bits per heavy atom. The average molecular weight is 194 g/mol. The highest BCUT2D eigenvalue weighted by molar-refractivity contribution is 6.28. The van der Waals surface area contributed by atoms with Gasteiger partial charge in [0.1, 0.15) is 0 Å². The predicted molar refractivity (Wildman–Crippen MR) is 50.8 cm³/mol. The van der Waals surface area contributed by atoms with Gasteiger partial charge in [-0.1, -0.05) is 35.5 Å². The summed E-state index contributed by atoms with van der Waals surface area (Å²) in [6, 6.07) is 11.8. The van der Waals surface area contributed by atoms with E-state index in [0.717, 1.165) is 12.1 Å². The van der Waals surface area contributed by atoms with Gasteiger partial charge >= 0.3 is 0 Å². The van der Waals surface area contributed by atoms with Crippen molar-refractivity contribution in [3.63, 3.8) is 0 Å². The molecule has 1 heterocycles. The third-order valence-corrected chi connectivity index (χ3v) is 1.94. The minimum atomic E-state index is 0.339. The van der Waals surface area contributed by atoms with Gasteiger partial charge in [-0.25, -0.2) is 0 Å². The first kappa shape index (κ1) is 8.32. The molecule has 0 fully saturated rings. The van der Waals surface area contributed by atoms with Crippen molar-refractivity contribution >= 4 is 11.6 Å². The van der Waals surface area contributed by atoms with Crippen LogP contribution < -0.4 is 0 Å². The summed E-state index contributed by atoms with van der Waals surface area (Å²) >= 11 is 5.60. The third-order valence-electron chi connectivity index (χ3n) is 1.76. The molecule has 0 spiro atoms. The molecule has 2 aromatic rings. The van der Waals surface area contributed by atoms with Crippen LogP contribution in [0.2, 0.25) is 5.22 Å². The zero-order chi connectivity index (χ0) is 9.10. The van der Waals surface area contributed by atoms with Crippen molar-refractivity contribution < 1.29 is 4.52 Å². The highest BCUT2D eigenvalue weighted by Gasteiger charge is 2.01. The van der Waals surface area contributed by atoms with E-state index in [1.165, 1.54) is 5.56 Å². The van der Waals surface area contributed by atoms with Crippen molar-refractivity contribution in [2.45, 2.75) is 6.42 Å². The maximum absolute atomic E-state index is 5.60. The van der Waals surface area contributed by atoms with Crippen molar-refractivity contribution in [3.05, 3.63) is 52.9 Å². The van der Waals surface area contributed by atoms with E-state index in [0.29, 0.717) is 5.22 Å². The van der Waals surface area contributed by atoms with Crippen molar-refractivity contribution in [2.75, 3.05) is 0 Å². The first-order chi connectivity index (χ1) is 6.34. The lowest BCUT2D eigenvalue weighted by atomic mass is 10.1. The molecule has 2 rings (SSSR count). The quantitative estimate of drug-likeness (QED) is 0.733. The van der Waals surface area contributed by atoms with Gasteiger partial charge in [0.25, 0.3) is 0 Å². The summed E-state index contributed by atoms with van der Waals surface area (Å²) < 4.78 is 4.75. The third kappa shape index (κ3) is 2.10. The fraction of sp³-hybridized carbons (Fsp3) is 0.100. The van der Waals surface area contributed by atoms with Gasteiger partial charge in [-0.2, -0.15) is 0 Å². The Labute approximate surface area is 81.1 Å². The fourth-order valence-electron chi connectivity index (χ4n) is 1.17. The Bertz CT molecular complexity index is 383. The molecule has 0 unspecified atom stereocenters. The molecular formula is C10H8ClNO. The molecule has 0 bridgehead atoms. The number of halogens is 1. The standard InChI is InChI=1S/C10H8ClNO/c11-10-7-9(12-13-10)6-8-4-2-1-3-5-8/h1-5,7H,6H2. The fourth-order valence-corrected chi connectivity index (χ4v) is 1.33. The van der Waals surface area contributed by atoms with E-state index in [1.807, 2.05) is 30.3 Å². The Morgan fingerprint density at radius 2 is 2.00 bits per heavy atom. The van der Waals surface area contributed by atoms with E-state index in [-0.39, 0.29) is 0 Å². The predicted octanol–water partition coefficient (Wildman–Crippen LogP) is 2.92. The molecule has 1 aromatic carbocycles. The molecule has 0 N–H and O–H groups in total. The summed E-state index contributed by atoms with van der Waals surface area (Å²) in [5, 5.41) is 4.14. The molecule has 0 radical (unpaired) electrons. The van der Waals surface area contributed by atoms with Gasteiger partial charge in [0.15, 0.2) is 0 Å². The normalized spacial score (nSPS) is 10.2. The zero-order valence-electron chi connectivity index (χ0n) is 6.90. The summed E-state index contributed by atoms with van der Waals surface area (Å²) in [6.45, 7) is 0. The van der Waals surface area contributed by atoms with Crippen molar-refractivity contribution in [2.24, 2.45) is 0 Å². The summed E-state index contributed by atoms with van der Waals surface area (Å²) in [6.07, 6.45) is 0.761. The molecule has 0 atom stereocenters. The molecule has 2 nitrogen and oxygen atoms in total. The van der Waals surface area contributed by atoms with E-state index in [2.05, 4.69) is 5.16 Å². The van der Waals surface area contributed by atoms with Crippen LogP contribution in [0.25, 0.3) is 0 Å². The topological polar surface area (TPSA) is 26.0 Å². The minimum Gasteiger partial charge on any atom is -0.344 e. The van der Waals surface area contributed by atoms with E-state index >= 15 is 0 Å². The number of aromatic nitrogens is 1. The lowest BCUT2D eigenvalue weighted by Crippen LogP contribution is -1.86. The van der Waals surface area contributed by atoms with Crippen LogP contribution in [0.1, 0.15) is 11.3 Å². The molecule has 0 amide bonds. The molecule has 0 aliphatic rings. The summed E-state index contributed by atoms with van der Waals surface area (Å²) in [5.41, 5.74) is 2.06. The van der Waals surface area contributed by atoms with Crippen LogP contribution in [0.5, 0.6) is 0 Å².